The fourth-order valence-corrected chi connectivity index (χ4v) is 7.41. The van der Waals surface area contributed by atoms with Crippen LogP contribution < -0.4 is 0 Å². The molecule has 0 saturated carbocycles. The Bertz CT molecular complexity index is 2530. The van der Waals surface area contributed by atoms with E-state index in [4.69, 9.17) is 0 Å². The summed E-state index contributed by atoms with van der Waals surface area (Å²) in [6, 6.07) is 70.7. The van der Waals surface area contributed by atoms with Crippen molar-refractivity contribution in [3.63, 3.8) is 0 Å². The predicted molar refractivity (Wildman–Crippen MR) is 206 cm³/mol. The molecule has 0 unspecified atom stereocenters. The molecule has 9 aromatic rings. The maximum Gasteiger partial charge on any atom is -0.00262 e. The van der Waals surface area contributed by atoms with Gasteiger partial charge in [0.05, 0.1) is 0 Å². The largest absolute Gasteiger partial charge is 0.0622 e. The normalized spacial score (nSPS) is 11.3. The highest BCUT2D eigenvalue weighted by Crippen LogP contribution is 2.44. The van der Waals surface area contributed by atoms with Crippen LogP contribution in [0.1, 0.15) is 0 Å². The maximum atomic E-state index is 2.37. The van der Waals surface area contributed by atoms with Crippen molar-refractivity contribution in [1.29, 1.82) is 0 Å². The van der Waals surface area contributed by atoms with Crippen molar-refractivity contribution in [1.82, 2.24) is 0 Å². The Morgan fingerprint density at radius 1 is 0.208 bits per heavy atom. The van der Waals surface area contributed by atoms with Gasteiger partial charge in [0.25, 0.3) is 0 Å². The number of hydrogen-bond donors (Lipinski definition) is 0. The minimum atomic E-state index is 1.21. The predicted octanol–water partition coefficient (Wildman–Crippen LogP) is 13.5. The van der Waals surface area contributed by atoms with Crippen molar-refractivity contribution in [2.75, 3.05) is 0 Å². The second-order valence-electron chi connectivity index (χ2n) is 12.5. The lowest BCUT2D eigenvalue weighted by Crippen LogP contribution is -1.91. The first-order valence-corrected chi connectivity index (χ1v) is 16.6. The van der Waals surface area contributed by atoms with Crippen molar-refractivity contribution in [3.05, 3.63) is 194 Å². The highest BCUT2D eigenvalue weighted by Gasteiger charge is 2.17. The lowest BCUT2D eigenvalue weighted by molar-refractivity contribution is 1.58. The average Bonchev–Trinajstić information content (AvgIpc) is 3.17. The third-order valence-electron chi connectivity index (χ3n) is 9.66. The van der Waals surface area contributed by atoms with E-state index in [-0.39, 0.29) is 0 Å². The first-order valence-electron chi connectivity index (χ1n) is 16.6. The number of hydrogen-bond acceptors (Lipinski definition) is 0. The third-order valence-corrected chi connectivity index (χ3v) is 9.66. The van der Waals surface area contributed by atoms with Crippen LogP contribution in [0.5, 0.6) is 0 Å². The molecule has 0 aliphatic carbocycles. The summed E-state index contributed by atoms with van der Waals surface area (Å²) >= 11 is 0. The second kappa shape index (κ2) is 11.8. The van der Waals surface area contributed by atoms with E-state index in [1.165, 1.54) is 88.0 Å². The Hall–Kier alpha value is -6.24. The monoisotopic (exact) mass is 608 g/mol. The SMILES string of the molecule is c1ccc(-c2cccc(-c3ccc(-c4c5ccccc5c(-c5cccc(-c6cccc7ccccc67)c5)c5ccccc45)cc3)c2)cc1. The molecular formula is C48H32. The van der Waals surface area contributed by atoms with Crippen molar-refractivity contribution < 1.29 is 0 Å². The van der Waals surface area contributed by atoms with Crippen LogP contribution in [-0.4, -0.2) is 0 Å². The third kappa shape index (κ3) is 4.87. The van der Waals surface area contributed by atoms with E-state index < -0.39 is 0 Å². The molecule has 0 aromatic heterocycles. The molecule has 0 amide bonds. The van der Waals surface area contributed by atoms with Gasteiger partial charge in [-0.15, -0.1) is 0 Å². The zero-order valence-corrected chi connectivity index (χ0v) is 26.5. The summed E-state index contributed by atoms with van der Waals surface area (Å²) in [6.45, 7) is 0. The van der Waals surface area contributed by atoms with Crippen LogP contribution in [0.25, 0.3) is 88.0 Å². The van der Waals surface area contributed by atoms with Gasteiger partial charge in [-0.25, -0.2) is 0 Å². The summed E-state index contributed by atoms with van der Waals surface area (Å²) in [4.78, 5) is 0. The molecule has 0 nitrogen and oxygen atoms in total. The Balaban J connectivity index is 1.19. The Kier molecular flexibility index (Phi) is 6.91. The number of benzene rings is 9. The van der Waals surface area contributed by atoms with Gasteiger partial charge in [-0.3, -0.25) is 0 Å². The molecule has 48 heavy (non-hydrogen) atoms. The van der Waals surface area contributed by atoms with Crippen molar-refractivity contribution in [2.24, 2.45) is 0 Å². The van der Waals surface area contributed by atoms with E-state index >= 15 is 0 Å². The average molecular weight is 609 g/mol. The number of fused-ring (bicyclic) bond motifs is 3. The van der Waals surface area contributed by atoms with Crippen molar-refractivity contribution in [3.8, 4) is 55.6 Å². The maximum absolute atomic E-state index is 2.37. The van der Waals surface area contributed by atoms with Crippen LogP contribution in [0.2, 0.25) is 0 Å². The smallest absolute Gasteiger partial charge is 0.00262 e. The molecule has 0 spiro atoms. The Labute approximate surface area is 281 Å². The van der Waals surface area contributed by atoms with Crippen molar-refractivity contribution in [2.45, 2.75) is 0 Å². The summed E-state index contributed by atoms with van der Waals surface area (Å²) in [5, 5.41) is 7.59. The fourth-order valence-electron chi connectivity index (χ4n) is 7.41. The lowest BCUT2D eigenvalue weighted by Gasteiger charge is -2.18. The Morgan fingerprint density at radius 3 is 1.25 bits per heavy atom. The van der Waals surface area contributed by atoms with Gasteiger partial charge >= 0.3 is 0 Å². The Morgan fingerprint density at radius 2 is 0.604 bits per heavy atom. The van der Waals surface area contributed by atoms with Gasteiger partial charge in [-0.1, -0.05) is 182 Å². The van der Waals surface area contributed by atoms with Gasteiger partial charge in [0, 0.05) is 0 Å². The van der Waals surface area contributed by atoms with Gasteiger partial charge in [-0.05, 0) is 100 Å². The summed E-state index contributed by atoms with van der Waals surface area (Å²) < 4.78 is 0. The van der Waals surface area contributed by atoms with E-state index in [0.717, 1.165) is 0 Å². The molecule has 0 heteroatoms. The van der Waals surface area contributed by atoms with Crippen LogP contribution in [0.3, 0.4) is 0 Å². The minimum Gasteiger partial charge on any atom is -0.0622 e. The fraction of sp³-hybridized carbons (Fsp3) is 0. The molecule has 0 aliphatic heterocycles. The van der Waals surface area contributed by atoms with E-state index in [2.05, 4.69) is 194 Å². The zero-order valence-electron chi connectivity index (χ0n) is 26.5. The van der Waals surface area contributed by atoms with Crippen LogP contribution >= 0.6 is 0 Å². The standard InChI is InChI=1S/C48H32/c1-2-13-33(14-3-1)37-17-10-18-38(31-37)34-27-29-36(30-28-34)47-43-22-6-8-24-45(43)48(46-25-9-7-23-44(46)47)40-20-11-19-39(32-40)42-26-12-16-35-15-4-5-21-41(35)42/h1-32H. The van der Waals surface area contributed by atoms with E-state index in [1.54, 1.807) is 0 Å². The van der Waals surface area contributed by atoms with Crippen molar-refractivity contribution >= 4 is 32.3 Å². The summed E-state index contributed by atoms with van der Waals surface area (Å²) in [5.41, 5.74) is 12.4. The van der Waals surface area contributed by atoms with Gasteiger partial charge < -0.3 is 0 Å². The number of rotatable bonds is 5. The second-order valence-corrected chi connectivity index (χ2v) is 12.5. The summed E-state index contributed by atoms with van der Waals surface area (Å²) in [6.07, 6.45) is 0. The first kappa shape index (κ1) is 28.0. The molecule has 0 saturated heterocycles. The molecule has 0 atom stereocenters. The van der Waals surface area contributed by atoms with Crippen LogP contribution in [-0.2, 0) is 0 Å². The van der Waals surface area contributed by atoms with Gasteiger partial charge in [-0.2, -0.15) is 0 Å². The zero-order chi connectivity index (χ0) is 31.9. The minimum absolute atomic E-state index is 1.21. The molecule has 9 rings (SSSR count). The highest BCUT2D eigenvalue weighted by atomic mass is 14.2. The van der Waals surface area contributed by atoms with E-state index in [0.29, 0.717) is 0 Å². The van der Waals surface area contributed by atoms with Gasteiger partial charge in [0.15, 0.2) is 0 Å². The quantitative estimate of drug-likeness (QED) is 0.171. The molecule has 0 N–H and O–H groups in total. The molecule has 0 heterocycles. The molecular weight excluding hydrogens is 577 g/mol. The first-order chi connectivity index (χ1) is 23.8. The molecule has 9 aromatic carbocycles. The molecule has 0 radical (unpaired) electrons. The van der Waals surface area contributed by atoms with Crippen LogP contribution in [0.15, 0.2) is 194 Å². The van der Waals surface area contributed by atoms with Crippen LogP contribution in [0.4, 0.5) is 0 Å². The highest BCUT2D eigenvalue weighted by molar-refractivity contribution is 6.21. The molecule has 0 bridgehead atoms. The van der Waals surface area contributed by atoms with Crippen LogP contribution in [0, 0.1) is 0 Å². The topological polar surface area (TPSA) is 0 Å². The van der Waals surface area contributed by atoms with Gasteiger partial charge in [0.2, 0.25) is 0 Å². The lowest BCUT2D eigenvalue weighted by atomic mass is 9.85. The van der Waals surface area contributed by atoms with Gasteiger partial charge in [0.1, 0.15) is 0 Å². The summed E-state index contributed by atoms with van der Waals surface area (Å²) in [7, 11) is 0. The molecule has 0 fully saturated rings. The molecule has 224 valence electrons. The van der Waals surface area contributed by atoms with E-state index in [1.807, 2.05) is 0 Å². The van der Waals surface area contributed by atoms with E-state index in [9.17, 15) is 0 Å². The molecule has 0 aliphatic rings. The summed E-state index contributed by atoms with van der Waals surface area (Å²) in [5.74, 6) is 0.